The van der Waals surface area contributed by atoms with Crippen molar-refractivity contribution in [3.63, 3.8) is 0 Å². The van der Waals surface area contributed by atoms with Crippen LogP contribution in [0.4, 0.5) is 0 Å². The third-order valence-corrected chi connectivity index (χ3v) is 4.71. The molecule has 1 N–H and O–H groups in total. The first kappa shape index (κ1) is 16.7. The van der Waals surface area contributed by atoms with Crippen LogP contribution in [0.5, 0.6) is 0 Å². The Morgan fingerprint density at radius 3 is 2.16 bits per heavy atom. The highest BCUT2D eigenvalue weighted by Gasteiger charge is 2.29. The standard InChI is InChI=1S/C16H29BrN2/c1-4-6-8-10-12-16(3,11-9-7-5-2)15-14(17)13-18-19-15/h13H,4-12H2,1-3H3,(H,18,19). The number of halogens is 1. The van der Waals surface area contributed by atoms with E-state index in [2.05, 4.69) is 46.9 Å². The third-order valence-electron chi connectivity index (χ3n) is 4.11. The van der Waals surface area contributed by atoms with Crippen LogP contribution in [-0.2, 0) is 5.41 Å². The van der Waals surface area contributed by atoms with E-state index in [0.717, 1.165) is 4.47 Å². The first-order valence-corrected chi connectivity index (χ1v) is 8.62. The molecule has 110 valence electrons. The molecule has 0 aromatic carbocycles. The summed E-state index contributed by atoms with van der Waals surface area (Å²) in [6.07, 6.45) is 13.7. The lowest BCUT2D eigenvalue weighted by atomic mass is 9.77. The van der Waals surface area contributed by atoms with Crippen LogP contribution in [0, 0.1) is 0 Å². The van der Waals surface area contributed by atoms with Gasteiger partial charge in [0.1, 0.15) is 0 Å². The summed E-state index contributed by atoms with van der Waals surface area (Å²) in [7, 11) is 0. The number of nitrogens with one attached hydrogen (secondary N) is 1. The molecule has 0 amide bonds. The fraction of sp³-hybridized carbons (Fsp3) is 0.812. The molecule has 1 unspecified atom stereocenters. The van der Waals surface area contributed by atoms with E-state index in [9.17, 15) is 0 Å². The molecule has 19 heavy (non-hydrogen) atoms. The third kappa shape index (κ3) is 5.29. The molecule has 0 fully saturated rings. The highest BCUT2D eigenvalue weighted by atomic mass is 79.9. The van der Waals surface area contributed by atoms with Gasteiger partial charge in [0, 0.05) is 5.41 Å². The quantitative estimate of drug-likeness (QED) is 0.526. The molecule has 0 aliphatic carbocycles. The number of unbranched alkanes of at least 4 members (excludes halogenated alkanes) is 5. The van der Waals surface area contributed by atoms with Crippen molar-refractivity contribution in [3.8, 4) is 0 Å². The van der Waals surface area contributed by atoms with Gasteiger partial charge in [0.25, 0.3) is 0 Å². The molecule has 1 heterocycles. The van der Waals surface area contributed by atoms with Crippen LogP contribution in [0.2, 0.25) is 0 Å². The molecule has 2 nitrogen and oxygen atoms in total. The van der Waals surface area contributed by atoms with E-state index in [0.29, 0.717) is 0 Å². The van der Waals surface area contributed by atoms with Gasteiger partial charge in [-0.25, -0.2) is 0 Å². The summed E-state index contributed by atoms with van der Waals surface area (Å²) >= 11 is 3.64. The molecule has 0 aliphatic heterocycles. The summed E-state index contributed by atoms with van der Waals surface area (Å²) < 4.78 is 1.14. The molecule has 0 aliphatic rings. The van der Waals surface area contributed by atoms with Gasteiger partial charge in [-0.3, -0.25) is 5.10 Å². The van der Waals surface area contributed by atoms with Crippen LogP contribution in [-0.4, -0.2) is 10.2 Å². The van der Waals surface area contributed by atoms with Crippen molar-refractivity contribution in [2.45, 2.75) is 84.0 Å². The van der Waals surface area contributed by atoms with Gasteiger partial charge in [-0.2, -0.15) is 5.10 Å². The minimum absolute atomic E-state index is 0.248. The topological polar surface area (TPSA) is 28.7 Å². The number of aromatic nitrogens is 2. The molecule has 0 radical (unpaired) electrons. The minimum atomic E-state index is 0.248. The van der Waals surface area contributed by atoms with Gasteiger partial charge in [0.15, 0.2) is 0 Å². The number of hydrogen-bond acceptors (Lipinski definition) is 1. The fourth-order valence-electron chi connectivity index (χ4n) is 2.78. The largest absolute Gasteiger partial charge is 0.281 e. The predicted molar refractivity (Wildman–Crippen MR) is 86.5 cm³/mol. The van der Waals surface area contributed by atoms with Gasteiger partial charge in [-0.1, -0.05) is 65.7 Å². The second-order valence-electron chi connectivity index (χ2n) is 5.92. The fourth-order valence-corrected chi connectivity index (χ4v) is 3.45. The van der Waals surface area contributed by atoms with E-state index in [1.54, 1.807) is 0 Å². The van der Waals surface area contributed by atoms with Crippen LogP contribution in [0.15, 0.2) is 10.7 Å². The van der Waals surface area contributed by atoms with E-state index in [1.165, 1.54) is 63.5 Å². The Balaban J connectivity index is 2.64. The lowest BCUT2D eigenvalue weighted by Crippen LogP contribution is -2.23. The smallest absolute Gasteiger partial charge is 0.0632 e. The number of rotatable bonds is 10. The van der Waals surface area contributed by atoms with Gasteiger partial charge in [-0.15, -0.1) is 0 Å². The minimum Gasteiger partial charge on any atom is -0.281 e. The highest BCUT2D eigenvalue weighted by Crippen LogP contribution is 2.37. The van der Waals surface area contributed by atoms with Crippen molar-refractivity contribution in [1.82, 2.24) is 10.2 Å². The summed E-state index contributed by atoms with van der Waals surface area (Å²) in [5.74, 6) is 0. The predicted octanol–water partition coefficient (Wildman–Crippen LogP) is 5.98. The van der Waals surface area contributed by atoms with Gasteiger partial charge < -0.3 is 0 Å². The Hall–Kier alpha value is -0.310. The van der Waals surface area contributed by atoms with Crippen LogP contribution in [0.3, 0.4) is 0 Å². The van der Waals surface area contributed by atoms with Crippen molar-refractivity contribution >= 4 is 15.9 Å². The first-order valence-electron chi connectivity index (χ1n) is 7.83. The molecular formula is C16H29BrN2. The molecule has 0 saturated carbocycles. The normalized spacial score (nSPS) is 14.5. The monoisotopic (exact) mass is 328 g/mol. The number of nitrogens with zero attached hydrogens (tertiary/aromatic N) is 1. The van der Waals surface area contributed by atoms with Gasteiger partial charge in [0.05, 0.1) is 16.4 Å². The molecule has 1 aromatic heterocycles. The maximum atomic E-state index is 4.19. The maximum Gasteiger partial charge on any atom is 0.0632 e. The molecule has 1 atom stereocenters. The Bertz CT molecular complexity index is 348. The van der Waals surface area contributed by atoms with Crippen molar-refractivity contribution in [2.24, 2.45) is 0 Å². The SMILES string of the molecule is CCCCCCC(C)(CCCCC)c1[nH]ncc1Br. The molecular weight excluding hydrogens is 300 g/mol. The molecule has 0 saturated heterocycles. The van der Waals surface area contributed by atoms with Crippen LogP contribution < -0.4 is 0 Å². The van der Waals surface area contributed by atoms with Crippen LogP contribution in [0.25, 0.3) is 0 Å². The lowest BCUT2D eigenvalue weighted by molar-refractivity contribution is 0.355. The summed E-state index contributed by atoms with van der Waals surface area (Å²) in [4.78, 5) is 0. The average molecular weight is 329 g/mol. The van der Waals surface area contributed by atoms with E-state index in [-0.39, 0.29) is 5.41 Å². The van der Waals surface area contributed by atoms with E-state index in [1.807, 2.05) is 6.20 Å². The lowest BCUT2D eigenvalue weighted by Gasteiger charge is -2.29. The maximum absolute atomic E-state index is 4.19. The zero-order chi connectivity index (χ0) is 14.1. The summed E-state index contributed by atoms with van der Waals surface area (Å²) in [5.41, 5.74) is 1.54. The first-order chi connectivity index (χ1) is 9.14. The van der Waals surface area contributed by atoms with Gasteiger partial charge >= 0.3 is 0 Å². The number of aromatic amines is 1. The van der Waals surface area contributed by atoms with E-state index < -0.39 is 0 Å². The Labute approximate surface area is 126 Å². The zero-order valence-corrected chi connectivity index (χ0v) is 14.4. The molecule has 1 rings (SSSR count). The summed E-state index contributed by atoms with van der Waals surface area (Å²) in [5, 5.41) is 7.41. The average Bonchev–Trinajstić information content (AvgIpc) is 2.82. The molecule has 0 bridgehead atoms. The van der Waals surface area contributed by atoms with E-state index in [4.69, 9.17) is 0 Å². The molecule has 1 aromatic rings. The number of H-pyrrole nitrogens is 1. The second-order valence-corrected chi connectivity index (χ2v) is 6.78. The Morgan fingerprint density at radius 2 is 1.63 bits per heavy atom. The summed E-state index contributed by atoms with van der Waals surface area (Å²) in [6, 6.07) is 0. The second kappa shape index (κ2) is 8.78. The van der Waals surface area contributed by atoms with Crippen molar-refractivity contribution in [2.75, 3.05) is 0 Å². The Morgan fingerprint density at radius 1 is 1.05 bits per heavy atom. The Kier molecular flexibility index (Phi) is 7.74. The van der Waals surface area contributed by atoms with E-state index >= 15 is 0 Å². The number of hydrogen-bond donors (Lipinski definition) is 1. The van der Waals surface area contributed by atoms with Crippen molar-refractivity contribution in [3.05, 3.63) is 16.4 Å². The van der Waals surface area contributed by atoms with Crippen molar-refractivity contribution in [1.29, 1.82) is 0 Å². The zero-order valence-electron chi connectivity index (χ0n) is 12.8. The van der Waals surface area contributed by atoms with Crippen LogP contribution in [0.1, 0.15) is 84.3 Å². The molecule has 0 spiro atoms. The van der Waals surface area contributed by atoms with Gasteiger partial charge in [-0.05, 0) is 28.8 Å². The summed E-state index contributed by atoms with van der Waals surface area (Å²) in [6.45, 7) is 6.93. The van der Waals surface area contributed by atoms with Crippen LogP contribution >= 0.6 is 15.9 Å². The highest BCUT2D eigenvalue weighted by molar-refractivity contribution is 9.10. The molecule has 3 heteroatoms. The van der Waals surface area contributed by atoms with Crippen molar-refractivity contribution < 1.29 is 0 Å². The van der Waals surface area contributed by atoms with Gasteiger partial charge in [0.2, 0.25) is 0 Å².